The number of carbonyl (C=O) groups excluding carboxylic acids is 1. The van der Waals surface area contributed by atoms with E-state index < -0.39 is 5.91 Å². The summed E-state index contributed by atoms with van der Waals surface area (Å²) in [5.74, 6) is 0.727. The van der Waals surface area contributed by atoms with Crippen molar-refractivity contribution in [1.29, 1.82) is 0 Å². The molecule has 3 aromatic rings. The first-order valence-electron chi connectivity index (χ1n) is 10.5. The van der Waals surface area contributed by atoms with E-state index in [1.54, 1.807) is 19.0 Å². The number of rotatable bonds is 7. The number of nitrogens with one attached hydrogen (secondary N) is 1. The van der Waals surface area contributed by atoms with Crippen molar-refractivity contribution in [1.82, 2.24) is 15.0 Å². The molecule has 0 fully saturated rings. The van der Waals surface area contributed by atoms with Gasteiger partial charge in [0.1, 0.15) is 12.0 Å². The van der Waals surface area contributed by atoms with Crippen molar-refractivity contribution < 1.29 is 23.4 Å². The number of anilines is 2. The Bertz CT molecular complexity index is 1160. The van der Waals surface area contributed by atoms with Gasteiger partial charge in [-0.1, -0.05) is 19.9 Å². The Kier molecular flexibility index (Phi) is 5.84. The van der Waals surface area contributed by atoms with Crippen LogP contribution in [-0.4, -0.2) is 49.2 Å². The van der Waals surface area contributed by atoms with Crippen molar-refractivity contribution in [3.05, 3.63) is 41.3 Å². The van der Waals surface area contributed by atoms with Crippen LogP contribution < -0.4 is 24.4 Å². The summed E-state index contributed by atoms with van der Waals surface area (Å²) in [6, 6.07) is 5.95. The first-order chi connectivity index (χ1) is 15.7. The molecule has 1 amide bonds. The van der Waals surface area contributed by atoms with Crippen LogP contribution in [0.2, 0.25) is 0 Å². The predicted molar refractivity (Wildman–Crippen MR) is 122 cm³/mol. The molecule has 10 heteroatoms. The fourth-order valence-electron chi connectivity index (χ4n) is 3.75. The third-order valence-corrected chi connectivity index (χ3v) is 5.61. The molecule has 33 heavy (non-hydrogen) atoms. The average Bonchev–Trinajstić information content (AvgIpc) is 3.38. The number of oxazole rings is 1. The highest BCUT2D eigenvalue weighted by atomic mass is 16.6. The fraction of sp³-hybridized carbons (Fsp3) is 0.391. The lowest BCUT2D eigenvalue weighted by molar-refractivity contribution is 0.102. The maximum absolute atomic E-state index is 12.8. The number of methoxy groups -OCH3 is 2. The van der Waals surface area contributed by atoms with Crippen molar-refractivity contribution in [3.63, 3.8) is 0 Å². The van der Waals surface area contributed by atoms with Crippen LogP contribution in [0.25, 0.3) is 0 Å². The summed E-state index contributed by atoms with van der Waals surface area (Å²) in [5.41, 5.74) is 2.88. The lowest BCUT2D eigenvalue weighted by atomic mass is 9.86. The number of hydrogen-bond acceptors (Lipinski definition) is 9. The zero-order valence-corrected chi connectivity index (χ0v) is 19.6. The number of aryl methyl sites for hydroxylation is 1. The lowest BCUT2D eigenvalue weighted by Crippen LogP contribution is -2.18. The number of aromatic nitrogens is 3. The molecule has 0 spiro atoms. The van der Waals surface area contributed by atoms with Gasteiger partial charge in [0.25, 0.3) is 5.91 Å². The largest absolute Gasteiger partial charge is 0.479 e. The number of benzene rings is 1. The molecule has 4 rings (SSSR count). The summed E-state index contributed by atoms with van der Waals surface area (Å²) >= 11 is 0. The van der Waals surface area contributed by atoms with Crippen LogP contribution >= 0.6 is 0 Å². The van der Waals surface area contributed by atoms with Crippen LogP contribution in [0, 0.1) is 0 Å². The molecule has 1 N–H and O–H groups in total. The van der Waals surface area contributed by atoms with E-state index in [-0.39, 0.29) is 34.6 Å². The van der Waals surface area contributed by atoms with Crippen LogP contribution in [0.4, 0.5) is 11.6 Å². The number of nitrogens with zero attached hydrogens (tertiary/aromatic N) is 4. The number of hydrogen-bond donors (Lipinski definition) is 1. The molecule has 2 aromatic heterocycles. The highest BCUT2D eigenvalue weighted by Gasteiger charge is 2.30. The van der Waals surface area contributed by atoms with E-state index in [2.05, 4.69) is 40.2 Å². The average molecular weight is 453 g/mol. The molecule has 10 nitrogen and oxygen atoms in total. The van der Waals surface area contributed by atoms with E-state index in [9.17, 15) is 4.79 Å². The maximum Gasteiger partial charge on any atom is 0.399 e. The Morgan fingerprint density at radius 3 is 2.45 bits per heavy atom. The summed E-state index contributed by atoms with van der Waals surface area (Å²) in [4.78, 5) is 27.2. The van der Waals surface area contributed by atoms with Gasteiger partial charge in [0.15, 0.2) is 11.4 Å². The molecule has 0 unspecified atom stereocenters. The lowest BCUT2D eigenvalue weighted by Gasteiger charge is -2.19. The van der Waals surface area contributed by atoms with Gasteiger partial charge in [0.05, 0.1) is 14.2 Å². The zero-order chi connectivity index (χ0) is 23.8. The zero-order valence-electron chi connectivity index (χ0n) is 19.6. The minimum atomic E-state index is -0.554. The third-order valence-electron chi connectivity index (χ3n) is 5.61. The van der Waals surface area contributed by atoms with E-state index >= 15 is 0 Å². The van der Waals surface area contributed by atoms with Gasteiger partial charge in [-0.2, -0.15) is 15.0 Å². The summed E-state index contributed by atoms with van der Waals surface area (Å²) in [6.07, 6.45) is 3.34. The molecule has 1 aliphatic carbocycles. The first-order valence-corrected chi connectivity index (χ1v) is 10.5. The second-order valence-electron chi connectivity index (χ2n) is 8.57. The summed E-state index contributed by atoms with van der Waals surface area (Å²) in [7, 11) is 6.45. The molecule has 0 radical (unpaired) electrons. The van der Waals surface area contributed by atoms with Crippen molar-refractivity contribution in [2.45, 2.75) is 32.1 Å². The van der Waals surface area contributed by atoms with Gasteiger partial charge in [-0.3, -0.25) is 4.79 Å². The predicted octanol–water partition coefficient (Wildman–Crippen LogP) is 3.82. The molecular weight excluding hydrogens is 426 g/mol. The second kappa shape index (κ2) is 8.61. The maximum atomic E-state index is 12.8. The van der Waals surface area contributed by atoms with E-state index in [0.29, 0.717) is 11.7 Å². The monoisotopic (exact) mass is 453 g/mol. The second-order valence-corrected chi connectivity index (χ2v) is 8.57. The molecular formula is C23H27N5O5. The van der Waals surface area contributed by atoms with Gasteiger partial charge < -0.3 is 28.8 Å². The first kappa shape index (κ1) is 22.4. The van der Waals surface area contributed by atoms with Gasteiger partial charge in [-0.15, -0.1) is 0 Å². The third kappa shape index (κ3) is 4.41. The van der Waals surface area contributed by atoms with Crippen molar-refractivity contribution in [2.24, 2.45) is 0 Å². The Morgan fingerprint density at radius 2 is 1.82 bits per heavy atom. The molecule has 174 valence electrons. The number of fused-ring (bicyclic) bond motifs is 1. The molecule has 2 heterocycles. The van der Waals surface area contributed by atoms with E-state index in [0.717, 1.165) is 12.8 Å². The smallest absolute Gasteiger partial charge is 0.399 e. The Labute approximate surface area is 191 Å². The molecule has 1 aromatic carbocycles. The van der Waals surface area contributed by atoms with Crippen LogP contribution in [0.3, 0.4) is 0 Å². The normalized spacial score (nSPS) is 13.9. The van der Waals surface area contributed by atoms with E-state index in [1.807, 2.05) is 12.1 Å². The van der Waals surface area contributed by atoms with Crippen LogP contribution in [0.5, 0.6) is 23.6 Å². The van der Waals surface area contributed by atoms with Crippen molar-refractivity contribution in [3.8, 4) is 23.6 Å². The van der Waals surface area contributed by atoms with Gasteiger partial charge in [0, 0.05) is 14.1 Å². The molecule has 0 saturated heterocycles. The minimum Gasteiger partial charge on any atom is -0.479 e. The van der Waals surface area contributed by atoms with Crippen LogP contribution in [0.15, 0.2) is 28.9 Å². The summed E-state index contributed by atoms with van der Waals surface area (Å²) in [5, 5.41) is 2.67. The minimum absolute atomic E-state index is 0.0206. The molecule has 0 saturated carbocycles. The quantitative estimate of drug-likeness (QED) is 0.570. The van der Waals surface area contributed by atoms with Gasteiger partial charge in [-0.05, 0) is 41.5 Å². The van der Waals surface area contributed by atoms with Crippen LogP contribution in [0.1, 0.15) is 41.9 Å². The molecule has 1 aliphatic rings. The summed E-state index contributed by atoms with van der Waals surface area (Å²) < 4.78 is 21.8. The highest BCUT2D eigenvalue weighted by Crippen LogP contribution is 2.40. The summed E-state index contributed by atoms with van der Waals surface area (Å²) in [6.45, 7) is 4.43. The van der Waals surface area contributed by atoms with Gasteiger partial charge in [-0.25, -0.2) is 0 Å². The Balaban J connectivity index is 1.53. The van der Waals surface area contributed by atoms with E-state index in [4.69, 9.17) is 18.6 Å². The SMILES string of the molecule is COc1nc(N(C)C)nc(OC)c1NC(=O)c1coc(Oc2ccc3c(c2)C(C)(C)CC3)n1. The molecule has 0 atom stereocenters. The molecule has 0 aliphatic heterocycles. The Hall–Kier alpha value is -3.82. The van der Waals surface area contributed by atoms with E-state index in [1.165, 1.54) is 31.6 Å². The van der Waals surface area contributed by atoms with Crippen LogP contribution in [-0.2, 0) is 11.8 Å². The fourth-order valence-corrected chi connectivity index (χ4v) is 3.75. The topological polar surface area (TPSA) is 112 Å². The van der Waals surface area contributed by atoms with Crippen molar-refractivity contribution >= 4 is 17.5 Å². The molecule has 0 bridgehead atoms. The standard InChI is InChI=1S/C23H27N5O5/c1-23(2)10-9-13-7-8-14(11-15(13)23)33-22-24-16(12-32-22)18(29)25-17-19(30-5)26-21(28(3)4)27-20(17)31-6/h7-8,11-12H,9-10H2,1-6H3,(H,25,29). The van der Waals surface area contributed by atoms with Gasteiger partial charge in [0.2, 0.25) is 17.7 Å². The number of ether oxygens (including phenoxy) is 3. The highest BCUT2D eigenvalue weighted by molar-refractivity contribution is 6.04. The van der Waals surface area contributed by atoms with Crippen molar-refractivity contribution in [2.75, 3.05) is 38.5 Å². The Morgan fingerprint density at radius 1 is 1.12 bits per heavy atom. The number of amides is 1. The number of carbonyl (C=O) groups is 1. The van der Waals surface area contributed by atoms with Gasteiger partial charge >= 0.3 is 6.08 Å².